The maximum Gasteiger partial charge on any atom is 0.184 e. The average Bonchev–Trinajstić information content (AvgIpc) is 2.35. The van der Waals surface area contributed by atoms with Crippen molar-refractivity contribution in [1.82, 2.24) is 5.43 Å². The van der Waals surface area contributed by atoms with Crippen molar-refractivity contribution in [3.63, 3.8) is 0 Å². The molecule has 5 heteroatoms. The van der Waals surface area contributed by atoms with Crippen LogP contribution in [0.2, 0.25) is 0 Å². The average molecular weight is 249 g/mol. The number of hydrogen-bond donors (Lipinski definition) is 2. The minimum Gasteiger partial charge on any atom is -0.496 e. The van der Waals surface area contributed by atoms with Gasteiger partial charge in [0.1, 0.15) is 5.75 Å². The summed E-state index contributed by atoms with van der Waals surface area (Å²) >= 11 is 4.75. The molecule has 1 aliphatic rings. The SMILES string of the molecule is COc1cccc2c1CCC/C2=N/NC(N)=S. The van der Waals surface area contributed by atoms with E-state index < -0.39 is 0 Å². The summed E-state index contributed by atoms with van der Waals surface area (Å²) in [6.45, 7) is 0. The predicted molar refractivity (Wildman–Crippen MR) is 72.4 cm³/mol. The maximum absolute atomic E-state index is 5.37. The molecule has 90 valence electrons. The number of thiocarbonyl (C=S) groups is 1. The van der Waals surface area contributed by atoms with E-state index in [0.717, 1.165) is 36.3 Å². The number of nitrogens with two attached hydrogens (primary N) is 1. The molecule has 0 saturated carbocycles. The van der Waals surface area contributed by atoms with Gasteiger partial charge in [0.05, 0.1) is 12.8 Å². The van der Waals surface area contributed by atoms with E-state index >= 15 is 0 Å². The van der Waals surface area contributed by atoms with Crippen molar-refractivity contribution in [2.45, 2.75) is 19.3 Å². The van der Waals surface area contributed by atoms with Crippen LogP contribution in [-0.4, -0.2) is 17.9 Å². The van der Waals surface area contributed by atoms with E-state index in [2.05, 4.69) is 16.6 Å². The quantitative estimate of drug-likeness (QED) is 0.617. The second-order valence-electron chi connectivity index (χ2n) is 3.87. The zero-order valence-corrected chi connectivity index (χ0v) is 10.5. The van der Waals surface area contributed by atoms with Gasteiger partial charge < -0.3 is 10.5 Å². The Hall–Kier alpha value is -1.62. The van der Waals surface area contributed by atoms with Crippen LogP contribution in [0.5, 0.6) is 5.75 Å². The topological polar surface area (TPSA) is 59.6 Å². The molecular formula is C12H15N3OS. The molecule has 17 heavy (non-hydrogen) atoms. The summed E-state index contributed by atoms with van der Waals surface area (Å²) in [4.78, 5) is 0. The fraction of sp³-hybridized carbons (Fsp3) is 0.333. The molecule has 0 fully saturated rings. The number of hydrogen-bond acceptors (Lipinski definition) is 3. The molecule has 0 saturated heterocycles. The molecule has 4 nitrogen and oxygen atoms in total. The van der Waals surface area contributed by atoms with Gasteiger partial charge in [0, 0.05) is 11.1 Å². The van der Waals surface area contributed by atoms with E-state index in [-0.39, 0.29) is 5.11 Å². The Kier molecular flexibility index (Phi) is 3.58. The van der Waals surface area contributed by atoms with Crippen molar-refractivity contribution in [2.24, 2.45) is 10.8 Å². The molecule has 0 aromatic heterocycles. The Morgan fingerprint density at radius 2 is 2.29 bits per heavy atom. The van der Waals surface area contributed by atoms with E-state index in [9.17, 15) is 0 Å². The van der Waals surface area contributed by atoms with Crippen LogP contribution < -0.4 is 15.9 Å². The summed E-state index contributed by atoms with van der Waals surface area (Å²) in [6.07, 6.45) is 3.01. The summed E-state index contributed by atoms with van der Waals surface area (Å²) in [5.41, 5.74) is 11.3. The number of nitrogens with zero attached hydrogens (tertiary/aromatic N) is 1. The molecule has 0 aliphatic heterocycles. The van der Waals surface area contributed by atoms with Crippen LogP contribution in [-0.2, 0) is 6.42 Å². The number of fused-ring (bicyclic) bond motifs is 1. The van der Waals surface area contributed by atoms with Gasteiger partial charge in [-0.05, 0) is 37.5 Å². The molecule has 2 rings (SSSR count). The van der Waals surface area contributed by atoms with Gasteiger partial charge in [-0.2, -0.15) is 5.10 Å². The molecule has 0 amide bonds. The standard InChI is InChI=1S/C12H15N3OS/c1-16-11-7-3-4-8-9(11)5-2-6-10(8)14-15-12(13)17/h3-4,7H,2,5-6H2,1H3,(H3,13,15,17)/b14-10-. The van der Waals surface area contributed by atoms with Gasteiger partial charge in [-0.1, -0.05) is 12.1 Å². The Bertz CT molecular complexity index is 471. The molecule has 0 atom stereocenters. The van der Waals surface area contributed by atoms with E-state index in [4.69, 9.17) is 22.7 Å². The van der Waals surface area contributed by atoms with Crippen molar-refractivity contribution < 1.29 is 4.74 Å². The summed E-state index contributed by atoms with van der Waals surface area (Å²) in [7, 11) is 1.69. The first kappa shape index (κ1) is 11.9. The minimum atomic E-state index is 0.188. The highest BCUT2D eigenvalue weighted by molar-refractivity contribution is 7.80. The molecule has 1 aromatic rings. The molecular weight excluding hydrogens is 234 g/mol. The van der Waals surface area contributed by atoms with Crippen LogP contribution in [0.3, 0.4) is 0 Å². The van der Waals surface area contributed by atoms with E-state index in [1.165, 1.54) is 5.56 Å². The zero-order chi connectivity index (χ0) is 12.3. The van der Waals surface area contributed by atoms with Crippen LogP contribution in [0.1, 0.15) is 24.0 Å². The van der Waals surface area contributed by atoms with Gasteiger partial charge in [0.25, 0.3) is 0 Å². The lowest BCUT2D eigenvalue weighted by atomic mass is 9.89. The Morgan fingerprint density at radius 3 is 3.00 bits per heavy atom. The second-order valence-corrected chi connectivity index (χ2v) is 4.31. The Morgan fingerprint density at radius 1 is 1.47 bits per heavy atom. The molecule has 0 heterocycles. The normalized spacial score (nSPS) is 16.4. The molecule has 3 N–H and O–H groups in total. The second kappa shape index (κ2) is 5.14. The maximum atomic E-state index is 5.37. The number of nitrogens with one attached hydrogen (secondary N) is 1. The summed E-state index contributed by atoms with van der Waals surface area (Å²) in [6, 6.07) is 6.00. The lowest BCUT2D eigenvalue weighted by Crippen LogP contribution is -2.26. The van der Waals surface area contributed by atoms with E-state index in [1.54, 1.807) is 7.11 Å². The van der Waals surface area contributed by atoms with E-state index in [1.807, 2.05) is 12.1 Å². The summed E-state index contributed by atoms with van der Waals surface area (Å²) in [5.74, 6) is 0.922. The number of hydrazone groups is 1. The third-order valence-corrected chi connectivity index (χ3v) is 2.90. The molecule has 0 spiro atoms. The summed E-state index contributed by atoms with van der Waals surface area (Å²) < 4.78 is 5.36. The number of benzene rings is 1. The van der Waals surface area contributed by atoms with Gasteiger partial charge in [0.15, 0.2) is 5.11 Å². The molecule has 0 bridgehead atoms. The van der Waals surface area contributed by atoms with Crippen LogP contribution in [0.15, 0.2) is 23.3 Å². The summed E-state index contributed by atoms with van der Waals surface area (Å²) in [5, 5.41) is 4.43. The first-order valence-corrected chi connectivity index (χ1v) is 5.91. The predicted octanol–water partition coefficient (Wildman–Crippen LogP) is 1.57. The van der Waals surface area contributed by atoms with Crippen LogP contribution in [0, 0.1) is 0 Å². The van der Waals surface area contributed by atoms with E-state index in [0.29, 0.717) is 0 Å². The highest BCUT2D eigenvalue weighted by atomic mass is 32.1. The minimum absolute atomic E-state index is 0.188. The van der Waals surface area contributed by atoms with Crippen molar-refractivity contribution in [3.05, 3.63) is 29.3 Å². The lowest BCUT2D eigenvalue weighted by molar-refractivity contribution is 0.408. The third kappa shape index (κ3) is 2.55. The van der Waals surface area contributed by atoms with Crippen molar-refractivity contribution in [3.8, 4) is 5.75 Å². The smallest absolute Gasteiger partial charge is 0.184 e. The lowest BCUT2D eigenvalue weighted by Gasteiger charge is -2.20. The van der Waals surface area contributed by atoms with Gasteiger partial charge >= 0.3 is 0 Å². The highest BCUT2D eigenvalue weighted by Gasteiger charge is 2.18. The monoisotopic (exact) mass is 249 g/mol. The zero-order valence-electron chi connectivity index (χ0n) is 9.69. The van der Waals surface area contributed by atoms with Gasteiger partial charge in [-0.3, -0.25) is 5.43 Å². The number of ether oxygens (including phenoxy) is 1. The number of methoxy groups -OCH3 is 1. The molecule has 0 unspecified atom stereocenters. The highest BCUT2D eigenvalue weighted by Crippen LogP contribution is 2.29. The van der Waals surface area contributed by atoms with Crippen LogP contribution >= 0.6 is 12.2 Å². The Labute approximate surface area is 106 Å². The third-order valence-electron chi connectivity index (χ3n) is 2.81. The fourth-order valence-corrected chi connectivity index (χ4v) is 2.14. The number of rotatable bonds is 2. The molecule has 1 aliphatic carbocycles. The first-order chi connectivity index (χ1) is 8.22. The Balaban J connectivity index is 2.38. The van der Waals surface area contributed by atoms with Crippen LogP contribution in [0.25, 0.3) is 0 Å². The molecule has 1 aromatic carbocycles. The van der Waals surface area contributed by atoms with Crippen LogP contribution in [0.4, 0.5) is 0 Å². The van der Waals surface area contributed by atoms with Gasteiger partial charge in [-0.15, -0.1) is 0 Å². The molecule has 0 radical (unpaired) electrons. The van der Waals surface area contributed by atoms with Crippen molar-refractivity contribution in [1.29, 1.82) is 0 Å². The van der Waals surface area contributed by atoms with Crippen molar-refractivity contribution in [2.75, 3.05) is 7.11 Å². The largest absolute Gasteiger partial charge is 0.496 e. The first-order valence-electron chi connectivity index (χ1n) is 5.50. The van der Waals surface area contributed by atoms with Gasteiger partial charge in [0.2, 0.25) is 0 Å². The van der Waals surface area contributed by atoms with Gasteiger partial charge in [-0.25, -0.2) is 0 Å². The van der Waals surface area contributed by atoms with Crippen molar-refractivity contribution >= 4 is 23.0 Å². The fourth-order valence-electron chi connectivity index (χ4n) is 2.09.